The Labute approximate surface area is 113 Å². The predicted octanol–water partition coefficient (Wildman–Crippen LogP) is 1.97. The van der Waals surface area contributed by atoms with Crippen molar-refractivity contribution < 1.29 is 17.9 Å². The van der Waals surface area contributed by atoms with Gasteiger partial charge < -0.3 is 4.74 Å². The summed E-state index contributed by atoms with van der Waals surface area (Å²) in [5.41, 5.74) is 0.763. The van der Waals surface area contributed by atoms with Gasteiger partial charge in [0, 0.05) is 6.20 Å². The van der Waals surface area contributed by atoms with Gasteiger partial charge in [-0.3, -0.25) is 4.98 Å². The van der Waals surface area contributed by atoms with Crippen molar-refractivity contribution in [1.82, 2.24) is 4.98 Å². The van der Waals surface area contributed by atoms with Crippen LogP contribution in [0.3, 0.4) is 0 Å². The predicted molar refractivity (Wildman–Crippen MR) is 72.6 cm³/mol. The van der Waals surface area contributed by atoms with Gasteiger partial charge >= 0.3 is 5.97 Å². The lowest BCUT2D eigenvalue weighted by Gasteiger charge is -2.04. The van der Waals surface area contributed by atoms with Crippen LogP contribution in [0.1, 0.15) is 42.2 Å². The summed E-state index contributed by atoms with van der Waals surface area (Å²) < 4.78 is 28.2. The quantitative estimate of drug-likeness (QED) is 0.565. The van der Waals surface area contributed by atoms with Crippen molar-refractivity contribution in [2.45, 2.75) is 31.9 Å². The smallest absolute Gasteiger partial charge is 0.339 e. The topological polar surface area (TPSA) is 73.3 Å². The molecule has 106 valence electrons. The summed E-state index contributed by atoms with van der Waals surface area (Å²) in [4.78, 5) is 15.2. The largest absolute Gasteiger partial charge is 0.465 e. The van der Waals surface area contributed by atoms with E-state index >= 15 is 0 Å². The van der Waals surface area contributed by atoms with E-state index in [4.69, 9.17) is 0 Å². The number of sulfone groups is 1. The zero-order valence-corrected chi connectivity index (χ0v) is 12.1. The number of nitrogens with zero attached hydrogens (tertiary/aromatic N) is 1. The number of aromatic nitrogens is 1. The summed E-state index contributed by atoms with van der Waals surface area (Å²) in [7, 11) is -1.84. The summed E-state index contributed by atoms with van der Waals surface area (Å²) in [6.45, 7) is 2.03. The molecule has 0 atom stereocenters. The van der Waals surface area contributed by atoms with Gasteiger partial charge in [-0.05, 0) is 18.6 Å². The minimum absolute atomic E-state index is 0.0852. The number of esters is 1. The number of carbonyl (C=O) groups excluding carboxylic acids is 1. The number of hydrogen-bond acceptors (Lipinski definition) is 5. The van der Waals surface area contributed by atoms with Gasteiger partial charge in [0.1, 0.15) is 0 Å². The molecule has 19 heavy (non-hydrogen) atoms. The highest BCUT2D eigenvalue weighted by molar-refractivity contribution is 7.90. The first-order valence-electron chi connectivity index (χ1n) is 6.22. The summed E-state index contributed by atoms with van der Waals surface area (Å²) in [5, 5.41) is 0. The molecule has 1 aromatic heterocycles. The molecule has 6 heteroatoms. The molecule has 1 heterocycles. The fourth-order valence-electron chi connectivity index (χ4n) is 1.62. The van der Waals surface area contributed by atoms with Crippen molar-refractivity contribution in [1.29, 1.82) is 0 Å². The van der Waals surface area contributed by atoms with Gasteiger partial charge in [-0.1, -0.05) is 19.8 Å². The molecule has 0 aliphatic carbocycles. The molecule has 0 spiro atoms. The molecule has 0 amide bonds. The molecule has 0 unspecified atom stereocenters. The van der Waals surface area contributed by atoms with Gasteiger partial charge in [-0.25, -0.2) is 13.2 Å². The van der Waals surface area contributed by atoms with Crippen molar-refractivity contribution in [2.75, 3.05) is 12.9 Å². The molecular formula is C13H19NO4S. The van der Waals surface area contributed by atoms with Crippen LogP contribution in [-0.4, -0.2) is 32.2 Å². The highest BCUT2D eigenvalue weighted by Crippen LogP contribution is 2.08. The van der Waals surface area contributed by atoms with Gasteiger partial charge in [-0.2, -0.15) is 0 Å². The fourth-order valence-corrected chi connectivity index (χ4v) is 3.03. The van der Waals surface area contributed by atoms with E-state index in [1.165, 1.54) is 19.4 Å². The van der Waals surface area contributed by atoms with Crippen molar-refractivity contribution in [3.8, 4) is 0 Å². The normalized spacial score (nSPS) is 11.3. The third kappa shape index (κ3) is 5.38. The van der Waals surface area contributed by atoms with Crippen LogP contribution in [0.5, 0.6) is 0 Å². The third-order valence-corrected chi connectivity index (χ3v) is 4.32. The van der Waals surface area contributed by atoms with E-state index in [-0.39, 0.29) is 11.5 Å². The molecule has 0 N–H and O–H groups in total. The number of unbranched alkanes of at least 4 members (excludes halogenated alkanes) is 2. The molecule has 1 aromatic rings. The van der Waals surface area contributed by atoms with Gasteiger partial charge in [0.2, 0.25) is 0 Å². The molecule has 0 radical (unpaired) electrons. The van der Waals surface area contributed by atoms with E-state index in [0.29, 0.717) is 17.7 Å². The van der Waals surface area contributed by atoms with E-state index in [0.717, 1.165) is 12.8 Å². The van der Waals surface area contributed by atoms with Crippen molar-refractivity contribution in [3.63, 3.8) is 0 Å². The molecule has 1 rings (SSSR count). The second kappa shape index (κ2) is 7.23. The van der Waals surface area contributed by atoms with E-state index in [9.17, 15) is 13.2 Å². The molecule has 5 nitrogen and oxygen atoms in total. The molecule has 0 fully saturated rings. The Balaban J connectivity index is 2.64. The van der Waals surface area contributed by atoms with Crippen LogP contribution >= 0.6 is 0 Å². The van der Waals surface area contributed by atoms with Crippen LogP contribution in [-0.2, 0) is 20.3 Å². The minimum atomic E-state index is -3.12. The highest BCUT2D eigenvalue weighted by Gasteiger charge is 2.13. The average Bonchev–Trinajstić information content (AvgIpc) is 2.38. The van der Waals surface area contributed by atoms with Crippen LogP contribution < -0.4 is 0 Å². The number of ether oxygens (including phenoxy) is 1. The zero-order chi connectivity index (χ0) is 14.3. The van der Waals surface area contributed by atoms with E-state index in [2.05, 4.69) is 9.72 Å². The van der Waals surface area contributed by atoms with Gasteiger partial charge in [0.25, 0.3) is 0 Å². The lowest BCUT2D eigenvalue weighted by atomic mass is 10.2. The van der Waals surface area contributed by atoms with Crippen molar-refractivity contribution >= 4 is 15.8 Å². The van der Waals surface area contributed by atoms with Gasteiger partial charge in [0.15, 0.2) is 9.84 Å². The first-order valence-corrected chi connectivity index (χ1v) is 8.04. The zero-order valence-electron chi connectivity index (χ0n) is 11.3. The second-order valence-corrected chi connectivity index (χ2v) is 6.51. The van der Waals surface area contributed by atoms with Crippen LogP contribution in [0.15, 0.2) is 18.3 Å². The summed E-state index contributed by atoms with van der Waals surface area (Å²) >= 11 is 0. The first-order chi connectivity index (χ1) is 8.98. The molecule has 0 bridgehead atoms. The molecule has 0 aromatic carbocycles. The SMILES string of the molecule is CCCCCS(=O)(=O)Cc1ccc(C(=O)OC)cn1. The Morgan fingerprint density at radius 2 is 2.05 bits per heavy atom. The lowest BCUT2D eigenvalue weighted by molar-refractivity contribution is 0.0600. The lowest BCUT2D eigenvalue weighted by Crippen LogP contribution is -2.11. The number of pyridine rings is 1. The number of carbonyl (C=O) groups is 1. The van der Waals surface area contributed by atoms with Crippen LogP contribution in [0, 0.1) is 0 Å². The Morgan fingerprint density at radius 1 is 1.32 bits per heavy atom. The Hall–Kier alpha value is -1.43. The number of hydrogen-bond donors (Lipinski definition) is 0. The average molecular weight is 285 g/mol. The summed E-state index contributed by atoms with van der Waals surface area (Å²) in [6, 6.07) is 3.07. The summed E-state index contributed by atoms with van der Waals surface area (Å²) in [5.74, 6) is -0.385. The fraction of sp³-hybridized carbons (Fsp3) is 0.538. The number of rotatable bonds is 7. The van der Waals surface area contributed by atoms with Crippen molar-refractivity contribution in [2.24, 2.45) is 0 Å². The molecule has 0 aliphatic rings. The monoisotopic (exact) mass is 285 g/mol. The highest BCUT2D eigenvalue weighted by atomic mass is 32.2. The van der Waals surface area contributed by atoms with Crippen LogP contribution in [0.4, 0.5) is 0 Å². The Morgan fingerprint density at radius 3 is 2.58 bits per heavy atom. The Kier molecular flexibility index (Phi) is 5.95. The standard InChI is InChI=1S/C13H19NO4S/c1-3-4-5-8-19(16,17)10-12-7-6-11(9-14-12)13(15)18-2/h6-7,9H,3-5,8,10H2,1-2H3. The van der Waals surface area contributed by atoms with Crippen LogP contribution in [0.2, 0.25) is 0 Å². The molecular weight excluding hydrogens is 266 g/mol. The maximum absolute atomic E-state index is 11.8. The van der Waals surface area contributed by atoms with E-state index in [1.54, 1.807) is 6.07 Å². The maximum atomic E-state index is 11.8. The first kappa shape index (κ1) is 15.6. The Bertz CT molecular complexity index is 508. The minimum Gasteiger partial charge on any atom is -0.465 e. The number of methoxy groups -OCH3 is 1. The van der Waals surface area contributed by atoms with E-state index < -0.39 is 15.8 Å². The molecule has 0 aliphatic heterocycles. The maximum Gasteiger partial charge on any atom is 0.339 e. The molecule has 0 saturated carbocycles. The summed E-state index contributed by atoms with van der Waals surface area (Å²) in [6.07, 6.45) is 3.91. The van der Waals surface area contributed by atoms with E-state index in [1.807, 2.05) is 6.92 Å². The van der Waals surface area contributed by atoms with Gasteiger partial charge in [0.05, 0.1) is 29.9 Å². The van der Waals surface area contributed by atoms with Crippen molar-refractivity contribution in [3.05, 3.63) is 29.6 Å². The van der Waals surface area contributed by atoms with Crippen LogP contribution in [0.25, 0.3) is 0 Å². The second-order valence-electron chi connectivity index (χ2n) is 4.33. The van der Waals surface area contributed by atoms with Gasteiger partial charge in [-0.15, -0.1) is 0 Å². The molecule has 0 saturated heterocycles. The third-order valence-electron chi connectivity index (χ3n) is 2.67.